The third-order valence-corrected chi connectivity index (χ3v) is 4.00. The van der Waals surface area contributed by atoms with E-state index in [0.29, 0.717) is 12.5 Å². The molecule has 1 amide bonds. The zero-order valence-electron chi connectivity index (χ0n) is 12.8. The molecule has 0 bridgehead atoms. The van der Waals surface area contributed by atoms with Crippen LogP contribution in [0.1, 0.15) is 25.3 Å². The molecule has 1 heterocycles. The average molecular weight is 293 g/mol. The summed E-state index contributed by atoms with van der Waals surface area (Å²) >= 11 is 0. The van der Waals surface area contributed by atoms with Crippen LogP contribution in [-0.2, 0) is 11.3 Å². The first-order valence-electron chi connectivity index (χ1n) is 7.52. The lowest BCUT2D eigenvalue weighted by Crippen LogP contribution is -2.38. The Morgan fingerprint density at radius 1 is 1.38 bits per heavy atom. The van der Waals surface area contributed by atoms with Gasteiger partial charge in [-0.05, 0) is 49.6 Å². The summed E-state index contributed by atoms with van der Waals surface area (Å²) in [6.07, 6.45) is 2.10. The van der Waals surface area contributed by atoms with Crippen molar-refractivity contribution in [3.05, 3.63) is 29.6 Å². The molecule has 116 valence electrons. The predicted octanol–water partition coefficient (Wildman–Crippen LogP) is 1.90. The smallest absolute Gasteiger partial charge is 0.216 e. The van der Waals surface area contributed by atoms with Crippen molar-refractivity contribution in [3.8, 4) is 0 Å². The summed E-state index contributed by atoms with van der Waals surface area (Å²) in [5.41, 5.74) is 2.11. The molecule has 2 rings (SSSR count). The number of piperidine rings is 1. The van der Waals surface area contributed by atoms with Crippen LogP contribution < -0.4 is 15.5 Å². The number of amides is 1. The number of hydrogen-bond acceptors (Lipinski definition) is 3. The SMILES string of the molecule is CNCc1cc(F)ccc1N1CCC(CNC(C)=O)CC1. The molecule has 1 aromatic rings. The Morgan fingerprint density at radius 3 is 2.71 bits per heavy atom. The lowest BCUT2D eigenvalue weighted by molar-refractivity contribution is -0.119. The number of benzene rings is 1. The molecular formula is C16H24FN3O. The maximum Gasteiger partial charge on any atom is 0.216 e. The van der Waals surface area contributed by atoms with Crippen molar-refractivity contribution in [1.82, 2.24) is 10.6 Å². The fraction of sp³-hybridized carbons (Fsp3) is 0.562. The molecule has 0 unspecified atom stereocenters. The van der Waals surface area contributed by atoms with Gasteiger partial charge >= 0.3 is 0 Å². The van der Waals surface area contributed by atoms with Gasteiger partial charge in [0.2, 0.25) is 5.91 Å². The van der Waals surface area contributed by atoms with Crippen LogP contribution in [0, 0.1) is 11.7 Å². The highest BCUT2D eigenvalue weighted by molar-refractivity contribution is 5.72. The van der Waals surface area contributed by atoms with Gasteiger partial charge in [0.15, 0.2) is 0 Å². The van der Waals surface area contributed by atoms with Gasteiger partial charge in [-0.1, -0.05) is 0 Å². The van der Waals surface area contributed by atoms with Gasteiger partial charge in [-0.15, -0.1) is 0 Å². The third kappa shape index (κ3) is 4.43. The molecule has 0 spiro atoms. The highest BCUT2D eigenvalue weighted by atomic mass is 19.1. The van der Waals surface area contributed by atoms with E-state index in [1.807, 2.05) is 13.1 Å². The fourth-order valence-corrected chi connectivity index (χ4v) is 2.86. The highest BCUT2D eigenvalue weighted by Crippen LogP contribution is 2.27. The van der Waals surface area contributed by atoms with Crippen molar-refractivity contribution in [3.63, 3.8) is 0 Å². The standard InChI is InChI=1S/C16H24FN3O/c1-12(21)19-10-13-5-7-20(8-6-13)16-4-3-15(17)9-14(16)11-18-2/h3-4,9,13,18H,5-8,10-11H2,1-2H3,(H,19,21). The van der Waals surface area contributed by atoms with E-state index >= 15 is 0 Å². The first-order chi connectivity index (χ1) is 10.1. The molecule has 4 nitrogen and oxygen atoms in total. The van der Waals surface area contributed by atoms with E-state index in [1.165, 1.54) is 6.07 Å². The summed E-state index contributed by atoms with van der Waals surface area (Å²) in [4.78, 5) is 13.3. The van der Waals surface area contributed by atoms with E-state index in [-0.39, 0.29) is 11.7 Å². The van der Waals surface area contributed by atoms with Crippen LogP contribution in [-0.4, -0.2) is 32.6 Å². The topological polar surface area (TPSA) is 44.4 Å². The van der Waals surface area contributed by atoms with Gasteiger partial charge in [0, 0.05) is 38.8 Å². The summed E-state index contributed by atoms with van der Waals surface area (Å²) in [6, 6.07) is 5.00. The third-order valence-electron chi connectivity index (χ3n) is 4.00. The van der Waals surface area contributed by atoms with Gasteiger partial charge in [-0.3, -0.25) is 4.79 Å². The van der Waals surface area contributed by atoms with Gasteiger partial charge in [0.25, 0.3) is 0 Å². The quantitative estimate of drug-likeness (QED) is 0.871. The number of nitrogens with zero attached hydrogens (tertiary/aromatic N) is 1. The van der Waals surface area contributed by atoms with Crippen molar-refractivity contribution in [2.75, 3.05) is 31.6 Å². The molecular weight excluding hydrogens is 269 g/mol. The second kappa shape index (κ2) is 7.41. The van der Waals surface area contributed by atoms with Gasteiger partial charge < -0.3 is 15.5 Å². The molecule has 21 heavy (non-hydrogen) atoms. The second-order valence-electron chi connectivity index (χ2n) is 5.67. The van der Waals surface area contributed by atoms with E-state index < -0.39 is 0 Å². The number of anilines is 1. The Labute approximate surface area is 125 Å². The van der Waals surface area contributed by atoms with Crippen molar-refractivity contribution in [2.24, 2.45) is 5.92 Å². The Balaban J connectivity index is 1.97. The van der Waals surface area contributed by atoms with Crippen LogP contribution in [0.15, 0.2) is 18.2 Å². The first kappa shape index (κ1) is 15.8. The lowest BCUT2D eigenvalue weighted by Gasteiger charge is -2.35. The van der Waals surface area contributed by atoms with E-state index in [4.69, 9.17) is 0 Å². The molecule has 1 fully saturated rings. The Bertz CT molecular complexity index is 484. The molecule has 2 N–H and O–H groups in total. The molecule has 0 aliphatic carbocycles. The van der Waals surface area contributed by atoms with E-state index in [9.17, 15) is 9.18 Å². The van der Waals surface area contributed by atoms with Gasteiger partial charge in [-0.25, -0.2) is 4.39 Å². The van der Waals surface area contributed by atoms with E-state index in [1.54, 1.807) is 13.0 Å². The summed E-state index contributed by atoms with van der Waals surface area (Å²) in [5.74, 6) is 0.384. The lowest BCUT2D eigenvalue weighted by atomic mass is 9.95. The molecule has 0 saturated carbocycles. The number of rotatable bonds is 5. The second-order valence-corrected chi connectivity index (χ2v) is 5.67. The van der Waals surface area contributed by atoms with Crippen LogP contribution in [0.3, 0.4) is 0 Å². The summed E-state index contributed by atoms with van der Waals surface area (Å²) in [6.45, 7) is 4.88. The molecule has 0 atom stereocenters. The minimum absolute atomic E-state index is 0.0345. The maximum atomic E-state index is 13.4. The zero-order valence-corrected chi connectivity index (χ0v) is 12.8. The van der Waals surface area contributed by atoms with Crippen molar-refractivity contribution in [1.29, 1.82) is 0 Å². The van der Waals surface area contributed by atoms with E-state index in [0.717, 1.165) is 43.7 Å². The summed E-state index contributed by atoms with van der Waals surface area (Å²) < 4.78 is 13.4. The van der Waals surface area contributed by atoms with Crippen LogP contribution in [0.5, 0.6) is 0 Å². The molecule has 0 radical (unpaired) electrons. The number of nitrogens with one attached hydrogen (secondary N) is 2. The van der Waals surface area contributed by atoms with Crippen LogP contribution >= 0.6 is 0 Å². The minimum atomic E-state index is -0.190. The zero-order chi connectivity index (χ0) is 15.2. The van der Waals surface area contributed by atoms with Crippen LogP contribution in [0.25, 0.3) is 0 Å². The maximum absolute atomic E-state index is 13.4. The van der Waals surface area contributed by atoms with E-state index in [2.05, 4.69) is 15.5 Å². The predicted molar refractivity (Wildman–Crippen MR) is 82.8 cm³/mol. The minimum Gasteiger partial charge on any atom is -0.371 e. The highest BCUT2D eigenvalue weighted by Gasteiger charge is 2.21. The Morgan fingerprint density at radius 2 is 2.10 bits per heavy atom. The fourth-order valence-electron chi connectivity index (χ4n) is 2.86. The van der Waals surface area contributed by atoms with Crippen molar-refractivity contribution < 1.29 is 9.18 Å². The van der Waals surface area contributed by atoms with Gasteiger partial charge in [-0.2, -0.15) is 0 Å². The van der Waals surface area contributed by atoms with Gasteiger partial charge in [0.1, 0.15) is 5.82 Å². The number of carbonyl (C=O) groups excluding carboxylic acids is 1. The molecule has 1 aliphatic rings. The van der Waals surface area contributed by atoms with Crippen molar-refractivity contribution in [2.45, 2.75) is 26.3 Å². The van der Waals surface area contributed by atoms with Crippen LogP contribution in [0.4, 0.5) is 10.1 Å². The van der Waals surface area contributed by atoms with Crippen molar-refractivity contribution >= 4 is 11.6 Å². The summed E-state index contributed by atoms with van der Waals surface area (Å²) in [7, 11) is 1.87. The average Bonchev–Trinajstić information content (AvgIpc) is 2.46. The largest absolute Gasteiger partial charge is 0.371 e. The number of carbonyl (C=O) groups is 1. The monoisotopic (exact) mass is 293 g/mol. The molecule has 1 saturated heterocycles. The molecule has 0 aromatic heterocycles. The van der Waals surface area contributed by atoms with Crippen LogP contribution in [0.2, 0.25) is 0 Å². The molecule has 1 aromatic carbocycles. The Hall–Kier alpha value is -1.62. The number of hydrogen-bond donors (Lipinski definition) is 2. The molecule has 5 heteroatoms. The summed E-state index contributed by atoms with van der Waals surface area (Å²) in [5, 5.41) is 5.98. The number of halogens is 1. The molecule has 1 aliphatic heterocycles. The Kier molecular flexibility index (Phi) is 5.56. The van der Waals surface area contributed by atoms with Gasteiger partial charge in [0.05, 0.1) is 0 Å². The normalized spacial score (nSPS) is 16.0. The first-order valence-corrected chi connectivity index (χ1v) is 7.52.